The number of carboxylic acid groups (broad SMARTS) is 1. The number of anilines is 1. The molecule has 0 aliphatic rings. The highest BCUT2D eigenvalue weighted by atomic mass is 79.9. The van der Waals surface area contributed by atoms with Crippen LogP contribution in [0.2, 0.25) is 0 Å². The fourth-order valence-corrected chi connectivity index (χ4v) is 5.32. The van der Waals surface area contributed by atoms with E-state index in [9.17, 15) is 23.1 Å². The zero-order valence-electron chi connectivity index (χ0n) is 16.2. The summed E-state index contributed by atoms with van der Waals surface area (Å²) >= 11 is 3.25. The molecular weight excluding hydrogens is 460 g/mol. The summed E-state index contributed by atoms with van der Waals surface area (Å²) in [5.74, 6) is -1.20. The molecular formula is C20H19BrN2O5S. The highest BCUT2D eigenvalue weighted by Gasteiger charge is 2.25. The van der Waals surface area contributed by atoms with Gasteiger partial charge >= 0.3 is 5.97 Å². The van der Waals surface area contributed by atoms with Crippen LogP contribution < -0.4 is 10.3 Å². The first-order chi connectivity index (χ1) is 13.4. The number of aromatic carboxylic acids is 1. The monoisotopic (exact) mass is 478 g/mol. The molecule has 3 N–H and O–H groups in total. The molecule has 0 saturated carbocycles. The minimum atomic E-state index is -4.07. The number of aromatic amines is 1. The van der Waals surface area contributed by atoms with Crippen molar-refractivity contribution in [1.29, 1.82) is 0 Å². The van der Waals surface area contributed by atoms with E-state index in [0.717, 1.165) is 0 Å². The molecule has 0 fully saturated rings. The fraction of sp³-hybridized carbons (Fsp3) is 0.200. The van der Waals surface area contributed by atoms with Crippen molar-refractivity contribution in [2.24, 2.45) is 0 Å². The van der Waals surface area contributed by atoms with Gasteiger partial charge in [0.05, 0.1) is 16.1 Å². The van der Waals surface area contributed by atoms with E-state index in [1.807, 2.05) is 0 Å². The lowest BCUT2D eigenvalue weighted by Gasteiger charge is -2.17. The number of carbonyl (C=O) groups is 1. The second-order valence-corrected chi connectivity index (χ2v) is 9.43. The van der Waals surface area contributed by atoms with Gasteiger partial charge in [0.15, 0.2) is 0 Å². The van der Waals surface area contributed by atoms with Crippen molar-refractivity contribution >= 4 is 48.5 Å². The van der Waals surface area contributed by atoms with Gasteiger partial charge in [0.1, 0.15) is 0 Å². The third-order valence-corrected chi connectivity index (χ3v) is 7.19. The second kappa shape index (κ2) is 7.31. The third kappa shape index (κ3) is 3.79. The van der Waals surface area contributed by atoms with Crippen LogP contribution in [0.25, 0.3) is 10.9 Å². The predicted octanol–water partition coefficient (Wildman–Crippen LogP) is 4.02. The summed E-state index contributed by atoms with van der Waals surface area (Å²) < 4.78 is 29.2. The summed E-state index contributed by atoms with van der Waals surface area (Å²) in [6.45, 7) is 6.57. The smallest absolute Gasteiger partial charge is 0.336 e. The van der Waals surface area contributed by atoms with Crippen LogP contribution in [0.4, 0.5) is 5.69 Å². The van der Waals surface area contributed by atoms with E-state index >= 15 is 0 Å². The Morgan fingerprint density at radius 3 is 2.31 bits per heavy atom. The average Bonchev–Trinajstić information content (AvgIpc) is 2.58. The van der Waals surface area contributed by atoms with Crippen LogP contribution in [0.15, 0.2) is 38.4 Å². The quantitative estimate of drug-likeness (QED) is 0.523. The maximum absolute atomic E-state index is 13.1. The highest BCUT2D eigenvalue weighted by molar-refractivity contribution is 9.10. The van der Waals surface area contributed by atoms with Gasteiger partial charge in [0.25, 0.3) is 10.0 Å². The maximum Gasteiger partial charge on any atom is 0.336 e. The highest BCUT2D eigenvalue weighted by Crippen LogP contribution is 2.32. The van der Waals surface area contributed by atoms with E-state index in [2.05, 4.69) is 25.6 Å². The van der Waals surface area contributed by atoms with Gasteiger partial charge < -0.3 is 10.1 Å². The Kier molecular flexibility index (Phi) is 5.31. The minimum absolute atomic E-state index is 0.0524. The molecule has 0 atom stereocenters. The minimum Gasteiger partial charge on any atom is -0.478 e. The van der Waals surface area contributed by atoms with Crippen molar-refractivity contribution in [3.63, 3.8) is 0 Å². The molecule has 29 heavy (non-hydrogen) atoms. The second-order valence-electron chi connectivity index (χ2n) is 6.92. The number of nitrogens with one attached hydrogen (secondary N) is 2. The summed E-state index contributed by atoms with van der Waals surface area (Å²) in [5, 5.41) is 10.2. The molecule has 0 aliphatic heterocycles. The maximum atomic E-state index is 13.1. The van der Waals surface area contributed by atoms with Crippen LogP contribution in [0.1, 0.15) is 32.6 Å². The molecule has 0 spiro atoms. The molecule has 2 aromatic carbocycles. The van der Waals surface area contributed by atoms with Crippen LogP contribution in [0.5, 0.6) is 0 Å². The number of hydrogen-bond donors (Lipinski definition) is 3. The molecule has 0 unspecified atom stereocenters. The van der Waals surface area contributed by atoms with E-state index in [1.165, 1.54) is 19.1 Å². The Hall–Kier alpha value is -2.65. The summed E-state index contributed by atoms with van der Waals surface area (Å²) in [5.41, 5.74) is 2.61. The predicted molar refractivity (Wildman–Crippen MR) is 115 cm³/mol. The SMILES string of the molecule is Cc1cc2[nH]c(=O)cc(C)c2cc1NS(=O)(=O)c1cc(Br)c(C)c(C(=O)O)c1C. The molecule has 0 bridgehead atoms. The zero-order chi connectivity index (χ0) is 21.7. The molecule has 1 aromatic heterocycles. The number of pyridine rings is 1. The Labute approximate surface area is 176 Å². The number of carboxylic acids is 1. The molecule has 9 heteroatoms. The van der Waals surface area contributed by atoms with Gasteiger partial charge in [-0.2, -0.15) is 0 Å². The molecule has 3 aromatic rings. The van der Waals surface area contributed by atoms with Crippen molar-refractivity contribution in [2.45, 2.75) is 32.6 Å². The number of sulfonamides is 1. The number of aromatic nitrogens is 1. The Bertz CT molecular complexity index is 1340. The van der Waals surface area contributed by atoms with Gasteiger partial charge in [-0.25, -0.2) is 13.2 Å². The number of hydrogen-bond acceptors (Lipinski definition) is 4. The molecule has 152 valence electrons. The van der Waals surface area contributed by atoms with Crippen LogP contribution in [0, 0.1) is 27.7 Å². The van der Waals surface area contributed by atoms with E-state index in [1.54, 1.807) is 32.9 Å². The molecule has 0 radical (unpaired) electrons. The fourth-order valence-electron chi connectivity index (χ4n) is 3.35. The van der Waals surface area contributed by atoms with Crippen LogP contribution in [-0.4, -0.2) is 24.5 Å². The van der Waals surface area contributed by atoms with Crippen molar-refractivity contribution in [3.8, 4) is 0 Å². The molecule has 0 aliphatic carbocycles. The molecule has 1 heterocycles. The van der Waals surface area contributed by atoms with Crippen LogP contribution in [-0.2, 0) is 10.0 Å². The normalized spacial score (nSPS) is 11.6. The first kappa shape index (κ1) is 21.1. The summed E-state index contributed by atoms with van der Waals surface area (Å²) in [6, 6.07) is 6.20. The number of fused-ring (bicyclic) bond motifs is 1. The molecule has 0 saturated heterocycles. The number of benzene rings is 2. The Morgan fingerprint density at radius 2 is 1.69 bits per heavy atom. The van der Waals surface area contributed by atoms with E-state index < -0.39 is 16.0 Å². The van der Waals surface area contributed by atoms with Crippen molar-refractivity contribution in [3.05, 3.63) is 66.9 Å². The standard InChI is InChI=1S/C20H19BrN2O5S/c1-9-6-18(24)22-16-5-10(2)15(7-13(9)16)23-29(27,28)17-8-14(21)11(3)19(12(17)4)20(25)26/h5-8,23H,1-4H3,(H,22,24)(H,25,26). The number of rotatable bonds is 4. The summed E-state index contributed by atoms with van der Waals surface area (Å²) in [6.07, 6.45) is 0. The molecule has 0 amide bonds. The lowest BCUT2D eigenvalue weighted by atomic mass is 10.0. The summed E-state index contributed by atoms with van der Waals surface area (Å²) in [7, 11) is -4.07. The summed E-state index contributed by atoms with van der Waals surface area (Å²) in [4.78, 5) is 25.9. The van der Waals surface area contributed by atoms with E-state index in [4.69, 9.17) is 0 Å². The van der Waals surface area contributed by atoms with Gasteiger partial charge in [-0.05, 0) is 68.1 Å². The van der Waals surface area contributed by atoms with Crippen LogP contribution in [0.3, 0.4) is 0 Å². The Morgan fingerprint density at radius 1 is 1.03 bits per heavy atom. The molecule has 3 rings (SSSR count). The van der Waals surface area contributed by atoms with Gasteiger partial charge in [-0.1, -0.05) is 15.9 Å². The van der Waals surface area contributed by atoms with E-state index in [0.29, 0.717) is 37.8 Å². The van der Waals surface area contributed by atoms with Gasteiger partial charge in [0, 0.05) is 21.4 Å². The van der Waals surface area contributed by atoms with Gasteiger partial charge in [-0.15, -0.1) is 0 Å². The molecule has 7 nitrogen and oxygen atoms in total. The zero-order valence-corrected chi connectivity index (χ0v) is 18.6. The van der Waals surface area contributed by atoms with Crippen LogP contribution >= 0.6 is 15.9 Å². The average molecular weight is 479 g/mol. The third-order valence-electron chi connectivity index (χ3n) is 4.88. The number of H-pyrrole nitrogens is 1. The van der Waals surface area contributed by atoms with Gasteiger partial charge in [-0.3, -0.25) is 9.52 Å². The van der Waals surface area contributed by atoms with E-state index in [-0.39, 0.29) is 21.6 Å². The first-order valence-electron chi connectivity index (χ1n) is 8.62. The van der Waals surface area contributed by atoms with Crippen molar-refractivity contribution in [2.75, 3.05) is 4.72 Å². The lowest BCUT2D eigenvalue weighted by Crippen LogP contribution is -2.18. The topological polar surface area (TPSA) is 116 Å². The van der Waals surface area contributed by atoms with Crippen molar-refractivity contribution in [1.82, 2.24) is 4.98 Å². The van der Waals surface area contributed by atoms with Crippen molar-refractivity contribution < 1.29 is 18.3 Å². The number of aryl methyl sites for hydroxylation is 2. The largest absolute Gasteiger partial charge is 0.478 e. The lowest BCUT2D eigenvalue weighted by molar-refractivity contribution is 0.0695. The first-order valence-corrected chi connectivity index (χ1v) is 10.9. The Balaban J connectivity index is 2.17. The van der Waals surface area contributed by atoms with Gasteiger partial charge in [0.2, 0.25) is 5.56 Å². The number of halogens is 1.